The average molecular weight is 443 g/mol. The molecule has 0 N–H and O–H groups in total. The largest absolute Gasteiger partial charge is 0.464 e. The molecule has 0 bridgehead atoms. The number of hydrogen-bond donors (Lipinski definition) is 0. The lowest BCUT2D eigenvalue weighted by Gasteiger charge is -2.16. The molecular weight excluding hydrogens is 416 g/mol. The molecule has 1 aliphatic carbocycles. The highest BCUT2D eigenvalue weighted by molar-refractivity contribution is 5.83. The van der Waals surface area contributed by atoms with E-state index in [1.165, 1.54) is 4.68 Å². The molecule has 4 aromatic rings. The summed E-state index contributed by atoms with van der Waals surface area (Å²) in [7, 11) is 1.69. The van der Waals surface area contributed by atoms with Gasteiger partial charge in [-0.25, -0.2) is 14.0 Å². The monoisotopic (exact) mass is 442 g/mol. The Kier molecular flexibility index (Phi) is 4.71. The van der Waals surface area contributed by atoms with E-state index in [1.807, 2.05) is 47.4 Å². The Bertz CT molecular complexity index is 1390. The Morgan fingerprint density at radius 2 is 1.85 bits per heavy atom. The summed E-state index contributed by atoms with van der Waals surface area (Å²) >= 11 is 0. The molecule has 3 heterocycles. The lowest BCUT2D eigenvalue weighted by molar-refractivity contribution is -0.131. The van der Waals surface area contributed by atoms with Crippen molar-refractivity contribution in [1.29, 1.82) is 0 Å². The van der Waals surface area contributed by atoms with Crippen molar-refractivity contribution >= 4 is 16.9 Å². The smallest absolute Gasteiger partial charge is 0.350 e. The molecule has 7 heteroatoms. The van der Waals surface area contributed by atoms with Crippen LogP contribution >= 0.6 is 0 Å². The van der Waals surface area contributed by atoms with Crippen LogP contribution < -0.4 is 5.69 Å². The first-order valence-electron chi connectivity index (χ1n) is 11.6. The van der Waals surface area contributed by atoms with Crippen molar-refractivity contribution in [3.63, 3.8) is 0 Å². The summed E-state index contributed by atoms with van der Waals surface area (Å²) in [6, 6.07) is 16.1. The molecule has 1 amide bonds. The van der Waals surface area contributed by atoms with E-state index >= 15 is 0 Å². The molecule has 1 atom stereocenters. The number of aromatic nitrogens is 3. The van der Waals surface area contributed by atoms with E-state index in [-0.39, 0.29) is 11.6 Å². The van der Waals surface area contributed by atoms with E-state index in [0.29, 0.717) is 18.2 Å². The van der Waals surface area contributed by atoms with Crippen molar-refractivity contribution in [2.24, 2.45) is 18.9 Å². The van der Waals surface area contributed by atoms with Crippen LogP contribution in [0.4, 0.5) is 0 Å². The number of aryl methyl sites for hydroxylation is 1. The van der Waals surface area contributed by atoms with E-state index in [9.17, 15) is 9.59 Å². The van der Waals surface area contributed by atoms with E-state index in [1.54, 1.807) is 17.9 Å². The van der Waals surface area contributed by atoms with Gasteiger partial charge in [-0.3, -0.25) is 4.79 Å². The van der Waals surface area contributed by atoms with Crippen LogP contribution in [0, 0.1) is 11.8 Å². The number of furan rings is 1. The van der Waals surface area contributed by atoms with Crippen molar-refractivity contribution < 1.29 is 9.21 Å². The first-order valence-corrected chi connectivity index (χ1v) is 11.6. The SMILES string of the molecule is Cn1nc(CC2CCN(C(=O)C3CC3)C2)n(-c2ccc(-c3ccc4occc4c3)cc2)c1=O. The number of carbonyl (C=O) groups excluding carboxylic acids is 1. The van der Waals surface area contributed by atoms with Crippen molar-refractivity contribution in [3.05, 3.63) is 71.1 Å². The Hall–Kier alpha value is -3.61. The third kappa shape index (κ3) is 3.67. The molecule has 0 radical (unpaired) electrons. The third-order valence-electron chi connectivity index (χ3n) is 6.90. The van der Waals surface area contributed by atoms with Gasteiger partial charge in [0.1, 0.15) is 11.4 Å². The molecule has 2 aromatic carbocycles. The fourth-order valence-electron chi connectivity index (χ4n) is 4.90. The van der Waals surface area contributed by atoms with Gasteiger partial charge in [0.15, 0.2) is 0 Å². The maximum atomic E-state index is 12.9. The van der Waals surface area contributed by atoms with Gasteiger partial charge in [0, 0.05) is 37.9 Å². The van der Waals surface area contributed by atoms with Gasteiger partial charge in [-0.2, -0.15) is 5.10 Å². The van der Waals surface area contributed by atoms with Gasteiger partial charge in [0.2, 0.25) is 5.91 Å². The minimum Gasteiger partial charge on any atom is -0.464 e. The predicted molar refractivity (Wildman–Crippen MR) is 125 cm³/mol. The van der Waals surface area contributed by atoms with Gasteiger partial charge in [0.25, 0.3) is 0 Å². The molecule has 1 aliphatic heterocycles. The molecule has 168 valence electrons. The molecule has 0 spiro atoms. The summed E-state index contributed by atoms with van der Waals surface area (Å²) in [5, 5.41) is 5.59. The van der Waals surface area contributed by atoms with Crippen molar-refractivity contribution in [2.75, 3.05) is 13.1 Å². The molecular formula is C26H26N4O3. The number of hydrogen-bond acceptors (Lipinski definition) is 4. The summed E-state index contributed by atoms with van der Waals surface area (Å²) in [4.78, 5) is 27.3. The zero-order chi connectivity index (χ0) is 22.5. The Morgan fingerprint density at radius 1 is 1.06 bits per heavy atom. The predicted octanol–water partition coefficient (Wildman–Crippen LogP) is 3.79. The summed E-state index contributed by atoms with van der Waals surface area (Å²) < 4.78 is 8.54. The number of benzene rings is 2. The summed E-state index contributed by atoms with van der Waals surface area (Å²) in [6.45, 7) is 1.57. The molecule has 1 unspecified atom stereocenters. The van der Waals surface area contributed by atoms with Crippen molar-refractivity contribution in [1.82, 2.24) is 19.2 Å². The van der Waals surface area contributed by atoms with E-state index in [4.69, 9.17) is 4.42 Å². The number of nitrogens with zero attached hydrogens (tertiary/aromatic N) is 4. The number of fused-ring (bicyclic) bond motifs is 1. The quantitative estimate of drug-likeness (QED) is 0.471. The van der Waals surface area contributed by atoms with Crippen LogP contribution in [-0.2, 0) is 18.3 Å². The highest BCUT2D eigenvalue weighted by Gasteiger charge is 2.37. The summed E-state index contributed by atoms with van der Waals surface area (Å²) in [6.07, 6.45) is 5.40. The Morgan fingerprint density at radius 3 is 2.64 bits per heavy atom. The molecule has 2 aromatic heterocycles. The van der Waals surface area contributed by atoms with Crippen LogP contribution in [0.5, 0.6) is 0 Å². The summed E-state index contributed by atoms with van der Waals surface area (Å²) in [5.41, 5.74) is 3.69. The van der Waals surface area contributed by atoms with Crippen LogP contribution in [0.25, 0.3) is 27.8 Å². The third-order valence-corrected chi connectivity index (χ3v) is 6.90. The van der Waals surface area contributed by atoms with Crippen molar-refractivity contribution in [3.8, 4) is 16.8 Å². The lowest BCUT2D eigenvalue weighted by atomic mass is 10.0. The Balaban J connectivity index is 1.25. The van der Waals surface area contributed by atoms with Crippen molar-refractivity contribution in [2.45, 2.75) is 25.7 Å². The van der Waals surface area contributed by atoms with Gasteiger partial charge < -0.3 is 9.32 Å². The molecule has 33 heavy (non-hydrogen) atoms. The number of carbonyl (C=O) groups is 1. The van der Waals surface area contributed by atoms with E-state index in [2.05, 4.69) is 11.2 Å². The zero-order valence-corrected chi connectivity index (χ0v) is 18.6. The fraction of sp³-hybridized carbons (Fsp3) is 0.346. The average Bonchev–Trinajstić information content (AvgIpc) is 3.27. The molecule has 6 rings (SSSR count). The standard InChI is InChI=1S/C26H26N4O3/c1-28-26(32)30(24(27-28)14-17-10-12-29(16-17)25(31)19-2-3-19)22-7-4-18(5-8-22)20-6-9-23-21(15-20)11-13-33-23/h4-9,11,13,15,17,19H,2-3,10,12,14,16H2,1H3. The number of rotatable bonds is 5. The lowest BCUT2D eigenvalue weighted by Crippen LogP contribution is -2.30. The van der Waals surface area contributed by atoms with Gasteiger partial charge in [0.05, 0.1) is 12.0 Å². The highest BCUT2D eigenvalue weighted by atomic mass is 16.3. The molecule has 7 nitrogen and oxygen atoms in total. The van der Waals surface area contributed by atoms with Crippen LogP contribution in [0.2, 0.25) is 0 Å². The topological polar surface area (TPSA) is 73.3 Å². The number of amides is 1. The molecule has 1 saturated carbocycles. The first kappa shape index (κ1) is 20.0. The minimum atomic E-state index is -0.151. The van der Waals surface area contributed by atoms with Crippen LogP contribution in [0.1, 0.15) is 25.1 Å². The second-order valence-corrected chi connectivity index (χ2v) is 9.30. The summed E-state index contributed by atoms with van der Waals surface area (Å²) in [5.74, 6) is 1.64. The minimum absolute atomic E-state index is 0.151. The van der Waals surface area contributed by atoms with Crippen LogP contribution in [-0.4, -0.2) is 38.2 Å². The van der Waals surface area contributed by atoms with Crippen LogP contribution in [0.3, 0.4) is 0 Å². The van der Waals surface area contributed by atoms with E-state index in [0.717, 1.165) is 66.0 Å². The number of likely N-dealkylation sites (tertiary alicyclic amines) is 1. The van der Waals surface area contributed by atoms with Gasteiger partial charge >= 0.3 is 5.69 Å². The highest BCUT2D eigenvalue weighted by Crippen LogP contribution is 2.33. The fourth-order valence-corrected chi connectivity index (χ4v) is 4.90. The first-order chi connectivity index (χ1) is 16.1. The van der Waals surface area contributed by atoms with Gasteiger partial charge in [-0.1, -0.05) is 18.2 Å². The van der Waals surface area contributed by atoms with Gasteiger partial charge in [-0.05, 0) is 66.6 Å². The molecule has 2 fully saturated rings. The molecule has 2 aliphatic rings. The second-order valence-electron chi connectivity index (χ2n) is 9.30. The molecule has 1 saturated heterocycles. The normalized spacial score (nSPS) is 18.3. The zero-order valence-electron chi connectivity index (χ0n) is 18.6. The van der Waals surface area contributed by atoms with E-state index < -0.39 is 0 Å². The Labute approximate surface area is 191 Å². The van der Waals surface area contributed by atoms with Crippen LogP contribution in [0.15, 0.2) is 64.0 Å². The maximum absolute atomic E-state index is 12.9. The second kappa shape index (κ2) is 7.76. The maximum Gasteiger partial charge on any atom is 0.350 e. The van der Waals surface area contributed by atoms with Gasteiger partial charge in [-0.15, -0.1) is 0 Å².